The number of furan rings is 1. The lowest BCUT2D eigenvalue weighted by atomic mass is 10.1. The molecule has 134 valence electrons. The maximum atomic E-state index is 12.8. The van der Waals surface area contributed by atoms with Gasteiger partial charge in [-0.05, 0) is 36.2 Å². The van der Waals surface area contributed by atoms with E-state index in [2.05, 4.69) is 0 Å². The van der Waals surface area contributed by atoms with Gasteiger partial charge in [0.2, 0.25) is 0 Å². The first-order valence-electron chi connectivity index (χ1n) is 8.03. The van der Waals surface area contributed by atoms with Crippen LogP contribution in [0.15, 0.2) is 52.0 Å². The number of nitro groups is 1. The molecular formula is C18H16N2O5S. The molecule has 0 saturated carbocycles. The van der Waals surface area contributed by atoms with E-state index >= 15 is 0 Å². The number of thioether (sulfide) groups is 1. The zero-order valence-electron chi connectivity index (χ0n) is 14.0. The molecule has 0 N–H and O–H groups in total. The van der Waals surface area contributed by atoms with E-state index in [1.165, 1.54) is 40.9 Å². The molecule has 0 unspecified atom stereocenters. The third kappa shape index (κ3) is 3.41. The van der Waals surface area contributed by atoms with Crippen molar-refractivity contribution in [1.82, 2.24) is 4.90 Å². The van der Waals surface area contributed by atoms with E-state index in [0.29, 0.717) is 34.9 Å². The molecule has 2 amide bonds. The Kier molecular flexibility index (Phi) is 5.22. The van der Waals surface area contributed by atoms with Crippen molar-refractivity contribution in [3.05, 3.63) is 69.0 Å². The minimum Gasteiger partial charge on any atom is -0.468 e. The van der Waals surface area contributed by atoms with Gasteiger partial charge >= 0.3 is 0 Å². The van der Waals surface area contributed by atoms with Crippen LogP contribution in [0.1, 0.15) is 24.7 Å². The first-order valence-corrected chi connectivity index (χ1v) is 9.02. The molecule has 8 heteroatoms. The summed E-state index contributed by atoms with van der Waals surface area (Å²) in [7, 11) is 0. The van der Waals surface area contributed by atoms with Gasteiger partial charge in [-0.25, -0.2) is 0 Å². The Morgan fingerprint density at radius 1 is 1.15 bits per heavy atom. The highest BCUT2D eigenvalue weighted by atomic mass is 32.2. The normalized spacial score (nSPS) is 14.4. The van der Waals surface area contributed by atoms with Crippen molar-refractivity contribution < 1.29 is 18.9 Å². The summed E-state index contributed by atoms with van der Waals surface area (Å²) in [5.41, 5.74) is 0.714. The van der Waals surface area contributed by atoms with Gasteiger partial charge in [-0.2, -0.15) is 0 Å². The van der Waals surface area contributed by atoms with E-state index in [4.69, 9.17) is 4.42 Å². The SMILES string of the molecule is CCCN1C(=O)C(SCc2ccco2)=C(c2ccc([N+](=O)[O-])cc2)C1=O. The smallest absolute Gasteiger partial charge is 0.269 e. The highest BCUT2D eigenvalue weighted by Crippen LogP contribution is 2.38. The number of non-ortho nitro benzene ring substituents is 1. The average Bonchev–Trinajstić information content (AvgIpc) is 3.22. The van der Waals surface area contributed by atoms with Gasteiger partial charge in [0.05, 0.1) is 27.4 Å². The molecule has 0 saturated heterocycles. The zero-order chi connectivity index (χ0) is 18.7. The van der Waals surface area contributed by atoms with Gasteiger partial charge < -0.3 is 4.42 Å². The van der Waals surface area contributed by atoms with E-state index in [1.807, 2.05) is 6.92 Å². The second-order valence-corrected chi connectivity index (χ2v) is 6.62. The van der Waals surface area contributed by atoms with E-state index in [9.17, 15) is 19.7 Å². The van der Waals surface area contributed by atoms with Crippen LogP contribution >= 0.6 is 11.8 Å². The minimum atomic E-state index is -0.504. The molecule has 0 fully saturated rings. The lowest BCUT2D eigenvalue weighted by molar-refractivity contribution is -0.384. The van der Waals surface area contributed by atoms with Crippen LogP contribution in [0.5, 0.6) is 0 Å². The number of nitro benzene ring substituents is 1. The van der Waals surface area contributed by atoms with Crippen LogP contribution in [0.2, 0.25) is 0 Å². The molecule has 2 aromatic rings. The van der Waals surface area contributed by atoms with Gasteiger partial charge in [0.1, 0.15) is 5.76 Å². The van der Waals surface area contributed by atoms with Gasteiger partial charge in [0.15, 0.2) is 0 Å². The van der Waals surface area contributed by atoms with Crippen LogP contribution in [-0.2, 0) is 15.3 Å². The van der Waals surface area contributed by atoms with E-state index in [1.54, 1.807) is 18.4 Å². The van der Waals surface area contributed by atoms with Crippen LogP contribution in [-0.4, -0.2) is 28.2 Å². The fourth-order valence-electron chi connectivity index (χ4n) is 2.66. The Hall–Kier alpha value is -2.87. The maximum Gasteiger partial charge on any atom is 0.269 e. The molecule has 1 aromatic heterocycles. The van der Waals surface area contributed by atoms with Crippen molar-refractivity contribution >= 4 is 34.8 Å². The molecule has 0 aliphatic carbocycles. The number of benzene rings is 1. The first kappa shape index (κ1) is 17.9. The highest BCUT2D eigenvalue weighted by molar-refractivity contribution is 8.03. The fraction of sp³-hybridized carbons (Fsp3) is 0.222. The summed E-state index contributed by atoms with van der Waals surface area (Å²) in [5, 5.41) is 10.8. The topological polar surface area (TPSA) is 93.7 Å². The van der Waals surface area contributed by atoms with Crippen molar-refractivity contribution in [3.63, 3.8) is 0 Å². The molecule has 7 nitrogen and oxygen atoms in total. The van der Waals surface area contributed by atoms with Crippen LogP contribution in [0.3, 0.4) is 0 Å². The first-order chi connectivity index (χ1) is 12.5. The van der Waals surface area contributed by atoms with Gasteiger partial charge in [0.25, 0.3) is 17.5 Å². The molecule has 3 rings (SSSR count). The number of rotatable bonds is 7. The maximum absolute atomic E-state index is 12.8. The molecular weight excluding hydrogens is 356 g/mol. The number of imide groups is 1. The Balaban J connectivity index is 1.97. The van der Waals surface area contributed by atoms with E-state index < -0.39 is 4.92 Å². The third-order valence-electron chi connectivity index (χ3n) is 3.88. The lowest BCUT2D eigenvalue weighted by Gasteiger charge is -2.13. The van der Waals surface area contributed by atoms with Gasteiger partial charge in [-0.3, -0.25) is 24.6 Å². The molecule has 1 aliphatic rings. The van der Waals surface area contributed by atoms with Crippen molar-refractivity contribution in [2.45, 2.75) is 19.1 Å². The molecule has 0 bridgehead atoms. The predicted molar refractivity (Wildman–Crippen MR) is 97.0 cm³/mol. The van der Waals surface area contributed by atoms with Gasteiger partial charge in [0, 0.05) is 18.7 Å². The van der Waals surface area contributed by atoms with Crippen molar-refractivity contribution in [2.24, 2.45) is 0 Å². The fourth-order valence-corrected chi connectivity index (χ4v) is 3.69. The molecule has 1 aliphatic heterocycles. The molecule has 26 heavy (non-hydrogen) atoms. The summed E-state index contributed by atoms with van der Waals surface area (Å²) in [6.07, 6.45) is 2.20. The average molecular weight is 372 g/mol. The van der Waals surface area contributed by atoms with Gasteiger partial charge in [-0.15, -0.1) is 11.8 Å². The summed E-state index contributed by atoms with van der Waals surface area (Å²) >= 11 is 1.24. The number of amides is 2. The summed E-state index contributed by atoms with van der Waals surface area (Å²) in [4.78, 5) is 37.4. The number of hydrogen-bond donors (Lipinski definition) is 0. The number of hydrogen-bond acceptors (Lipinski definition) is 6. The summed E-state index contributed by atoms with van der Waals surface area (Å²) in [5.74, 6) is 0.409. The van der Waals surface area contributed by atoms with Crippen LogP contribution < -0.4 is 0 Å². The standard InChI is InChI=1S/C18H16N2O5S/c1-2-9-19-17(21)15(12-5-7-13(8-6-12)20(23)24)16(18(19)22)26-11-14-4-3-10-25-14/h3-8,10H,2,9,11H2,1H3. The Morgan fingerprint density at radius 2 is 1.88 bits per heavy atom. The predicted octanol–water partition coefficient (Wildman–Crippen LogP) is 3.61. The quantitative estimate of drug-likeness (QED) is 0.419. The van der Waals surface area contributed by atoms with Crippen molar-refractivity contribution in [2.75, 3.05) is 6.54 Å². The Bertz CT molecular complexity index is 871. The van der Waals surface area contributed by atoms with Crippen LogP contribution in [0.25, 0.3) is 5.57 Å². The molecule has 0 radical (unpaired) electrons. The number of carbonyl (C=O) groups excluding carboxylic acids is 2. The third-order valence-corrected chi connectivity index (χ3v) is 4.97. The van der Waals surface area contributed by atoms with E-state index in [0.717, 1.165) is 0 Å². The van der Waals surface area contributed by atoms with E-state index in [-0.39, 0.29) is 23.1 Å². The van der Waals surface area contributed by atoms with Crippen LogP contribution in [0, 0.1) is 10.1 Å². The number of carbonyl (C=O) groups is 2. The largest absolute Gasteiger partial charge is 0.468 e. The van der Waals surface area contributed by atoms with Crippen molar-refractivity contribution in [1.29, 1.82) is 0 Å². The van der Waals surface area contributed by atoms with Crippen LogP contribution in [0.4, 0.5) is 5.69 Å². The summed E-state index contributed by atoms with van der Waals surface area (Å²) < 4.78 is 5.28. The highest BCUT2D eigenvalue weighted by Gasteiger charge is 2.38. The zero-order valence-corrected chi connectivity index (χ0v) is 14.8. The van der Waals surface area contributed by atoms with Gasteiger partial charge in [-0.1, -0.05) is 6.92 Å². The number of nitrogens with zero attached hydrogens (tertiary/aromatic N) is 2. The Morgan fingerprint density at radius 3 is 2.46 bits per heavy atom. The molecule has 2 heterocycles. The van der Waals surface area contributed by atoms with Crippen molar-refractivity contribution in [3.8, 4) is 0 Å². The minimum absolute atomic E-state index is 0.0682. The Labute approximate surface area is 153 Å². The summed E-state index contributed by atoms with van der Waals surface area (Å²) in [6.45, 7) is 2.22. The molecule has 0 atom stereocenters. The summed E-state index contributed by atoms with van der Waals surface area (Å²) in [6, 6.07) is 9.22. The molecule has 1 aromatic carbocycles. The monoisotopic (exact) mass is 372 g/mol. The second-order valence-electron chi connectivity index (χ2n) is 5.64. The molecule has 0 spiro atoms. The second kappa shape index (κ2) is 7.57. The lowest BCUT2D eigenvalue weighted by Crippen LogP contribution is -2.32.